The van der Waals surface area contributed by atoms with Gasteiger partial charge in [-0.05, 0) is 25.0 Å². The van der Waals surface area contributed by atoms with Crippen LogP contribution in [-0.4, -0.2) is 36.7 Å². The Bertz CT molecular complexity index is 425. The van der Waals surface area contributed by atoms with Gasteiger partial charge < -0.3 is 10.5 Å². The summed E-state index contributed by atoms with van der Waals surface area (Å²) in [4.78, 5) is 3.79. The first-order chi connectivity index (χ1) is 9.22. The van der Waals surface area contributed by atoms with E-state index < -0.39 is 0 Å². The predicted molar refractivity (Wildman–Crippen MR) is 79.8 cm³/mol. The summed E-state index contributed by atoms with van der Waals surface area (Å²) in [6.45, 7) is 3.68. The van der Waals surface area contributed by atoms with Crippen molar-refractivity contribution < 1.29 is 4.74 Å². The Morgan fingerprint density at radius 2 is 1.95 bits per heavy atom. The van der Waals surface area contributed by atoms with E-state index in [-0.39, 0.29) is 11.6 Å². The summed E-state index contributed by atoms with van der Waals surface area (Å²) in [7, 11) is 0. The van der Waals surface area contributed by atoms with Crippen LogP contribution in [0.25, 0.3) is 0 Å². The molecule has 0 aromatic carbocycles. The molecule has 1 saturated carbocycles. The van der Waals surface area contributed by atoms with Crippen molar-refractivity contribution in [3.63, 3.8) is 0 Å². The van der Waals surface area contributed by atoms with Crippen LogP contribution in [0, 0.1) is 0 Å². The minimum absolute atomic E-state index is 0.0746. The second-order valence-electron chi connectivity index (χ2n) is 5.53. The third-order valence-corrected chi connectivity index (χ3v) is 5.90. The van der Waals surface area contributed by atoms with E-state index in [1.165, 1.54) is 30.6 Å². The molecule has 0 amide bonds. The van der Waals surface area contributed by atoms with Gasteiger partial charge >= 0.3 is 0 Å². The van der Waals surface area contributed by atoms with Crippen LogP contribution in [0.15, 0.2) is 12.1 Å². The lowest BCUT2D eigenvalue weighted by atomic mass is 9.85. The fourth-order valence-corrected chi connectivity index (χ4v) is 4.75. The van der Waals surface area contributed by atoms with Gasteiger partial charge in [0.15, 0.2) is 0 Å². The monoisotopic (exact) mass is 300 g/mol. The molecule has 0 radical (unpaired) electrons. The molecule has 2 aliphatic rings. The lowest BCUT2D eigenvalue weighted by Gasteiger charge is -2.46. The second-order valence-corrected chi connectivity index (χ2v) is 7.28. The fraction of sp³-hybridized carbons (Fsp3) is 0.714. The van der Waals surface area contributed by atoms with Gasteiger partial charge in [0, 0.05) is 23.5 Å². The molecule has 0 spiro atoms. The maximum atomic E-state index is 6.65. The molecular weight excluding hydrogens is 280 g/mol. The van der Waals surface area contributed by atoms with Crippen molar-refractivity contribution in [2.45, 2.75) is 37.3 Å². The Balaban J connectivity index is 1.86. The number of nitrogens with zero attached hydrogens (tertiary/aromatic N) is 1. The van der Waals surface area contributed by atoms with Crippen molar-refractivity contribution in [3.8, 4) is 0 Å². The van der Waals surface area contributed by atoms with Crippen LogP contribution in [0.3, 0.4) is 0 Å². The molecule has 1 unspecified atom stereocenters. The molecule has 19 heavy (non-hydrogen) atoms. The number of ether oxygens (including phenoxy) is 1. The number of nitrogens with two attached hydrogens (primary N) is 1. The lowest BCUT2D eigenvalue weighted by molar-refractivity contribution is -0.0307. The van der Waals surface area contributed by atoms with Crippen molar-refractivity contribution in [2.75, 3.05) is 26.3 Å². The van der Waals surface area contributed by atoms with Gasteiger partial charge in [-0.2, -0.15) is 0 Å². The van der Waals surface area contributed by atoms with E-state index in [9.17, 15) is 0 Å². The zero-order valence-electron chi connectivity index (χ0n) is 11.1. The van der Waals surface area contributed by atoms with Crippen molar-refractivity contribution in [1.29, 1.82) is 0 Å². The number of hydrogen-bond acceptors (Lipinski definition) is 4. The van der Waals surface area contributed by atoms with Crippen LogP contribution in [0.1, 0.15) is 36.6 Å². The number of rotatable bonds is 3. The number of thiophene rings is 1. The smallest absolute Gasteiger partial charge is 0.0931 e. The predicted octanol–water partition coefficient (Wildman–Crippen LogP) is 3.05. The molecular formula is C14H21ClN2OS. The first-order valence-electron chi connectivity index (χ1n) is 7.06. The summed E-state index contributed by atoms with van der Waals surface area (Å²) >= 11 is 7.70. The van der Waals surface area contributed by atoms with Crippen LogP contribution in [0.2, 0.25) is 4.34 Å². The number of halogens is 1. The number of morpholine rings is 1. The fourth-order valence-electron chi connectivity index (χ4n) is 3.58. The zero-order valence-corrected chi connectivity index (χ0v) is 12.7. The first kappa shape index (κ1) is 13.8. The maximum absolute atomic E-state index is 6.65. The minimum atomic E-state index is 0.0746. The molecule has 1 aliphatic heterocycles. The van der Waals surface area contributed by atoms with Gasteiger partial charge in [-0.1, -0.05) is 24.4 Å². The van der Waals surface area contributed by atoms with E-state index in [0.29, 0.717) is 0 Å². The first-order valence-corrected chi connectivity index (χ1v) is 8.25. The summed E-state index contributed by atoms with van der Waals surface area (Å²) < 4.78 is 6.33. The van der Waals surface area contributed by atoms with Crippen molar-refractivity contribution in [3.05, 3.63) is 21.3 Å². The Morgan fingerprint density at radius 3 is 2.53 bits per heavy atom. The van der Waals surface area contributed by atoms with Gasteiger partial charge in [-0.25, -0.2) is 0 Å². The Labute approximate surface area is 123 Å². The topological polar surface area (TPSA) is 38.5 Å². The van der Waals surface area contributed by atoms with Crippen LogP contribution < -0.4 is 5.73 Å². The number of hydrogen-bond donors (Lipinski definition) is 1. The maximum Gasteiger partial charge on any atom is 0.0931 e. The molecule has 1 saturated heterocycles. The highest BCUT2D eigenvalue weighted by Gasteiger charge is 2.45. The van der Waals surface area contributed by atoms with Crippen LogP contribution in [0.4, 0.5) is 0 Å². The SMILES string of the molecule is NC(c1ccc(Cl)s1)C1(N2CCOCC2)CCCC1. The van der Waals surface area contributed by atoms with E-state index in [4.69, 9.17) is 22.1 Å². The molecule has 1 atom stereocenters. The molecule has 1 aromatic rings. The molecule has 0 bridgehead atoms. The van der Waals surface area contributed by atoms with Gasteiger partial charge in [0.25, 0.3) is 0 Å². The Hall–Kier alpha value is -0.130. The molecule has 5 heteroatoms. The average Bonchev–Trinajstić information content (AvgIpc) is 3.08. The highest BCUT2D eigenvalue weighted by molar-refractivity contribution is 7.16. The zero-order chi connectivity index (χ0) is 13.3. The third-order valence-electron chi connectivity index (χ3n) is 4.59. The normalized spacial score (nSPS) is 25.6. The van der Waals surface area contributed by atoms with Crippen LogP contribution >= 0.6 is 22.9 Å². The van der Waals surface area contributed by atoms with Crippen molar-refractivity contribution >= 4 is 22.9 Å². The quantitative estimate of drug-likeness (QED) is 0.932. The van der Waals surface area contributed by atoms with Gasteiger partial charge in [0.05, 0.1) is 23.6 Å². The lowest BCUT2D eigenvalue weighted by Crippen LogP contribution is -2.57. The Kier molecular flexibility index (Phi) is 4.15. The largest absolute Gasteiger partial charge is 0.379 e. The van der Waals surface area contributed by atoms with Gasteiger partial charge in [-0.15, -0.1) is 11.3 Å². The molecule has 106 valence electrons. The van der Waals surface area contributed by atoms with Gasteiger partial charge in [0.2, 0.25) is 0 Å². The molecule has 2 N–H and O–H groups in total. The highest BCUT2D eigenvalue weighted by atomic mass is 35.5. The molecule has 1 aromatic heterocycles. The standard InChI is InChI=1S/C14H21ClN2OS/c15-12-4-3-11(19-12)13(16)14(5-1-2-6-14)17-7-9-18-10-8-17/h3-4,13H,1-2,5-10,16H2. The molecule has 3 rings (SSSR count). The van der Waals surface area contributed by atoms with E-state index in [2.05, 4.69) is 11.0 Å². The van der Waals surface area contributed by atoms with E-state index in [1.807, 2.05) is 6.07 Å². The molecule has 3 nitrogen and oxygen atoms in total. The van der Waals surface area contributed by atoms with Gasteiger partial charge in [0.1, 0.15) is 0 Å². The average molecular weight is 301 g/mol. The van der Waals surface area contributed by atoms with Crippen molar-refractivity contribution in [2.24, 2.45) is 5.73 Å². The second kappa shape index (κ2) is 5.70. The van der Waals surface area contributed by atoms with E-state index >= 15 is 0 Å². The third kappa shape index (κ3) is 2.57. The highest BCUT2D eigenvalue weighted by Crippen LogP contribution is 2.45. The summed E-state index contributed by atoms with van der Waals surface area (Å²) in [6.07, 6.45) is 4.96. The molecule has 2 heterocycles. The van der Waals surface area contributed by atoms with Crippen LogP contribution in [-0.2, 0) is 4.74 Å². The summed E-state index contributed by atoms with van der Waals surface area (Å²) in [5.41, 5.74) is 6.77. The summed E-state index contributed by atoms with van der Waals surface area (Å²) in [5.74, 6) is 0. The van der Waals surface area contributed by atoms with E-state index in [1.54, 1.807) is 11.3 Å². The van der Waals surface area contributed by atoms with Crippen molar-refractivity contribution in [1.82, 2.24) is 4.90 Å². The summed E-state index contributed by atoms with van der Waals surface area (Å²) in [5, 5.41) is 0. The minimum Gasteiger partial charge on any atom is -0.379 e. The molecule has 1 aliphatic carbocycles. The Morgan fingerprint density at radius 1 is 1.26 bits per heavy atom. The van der Waals surface area contributed by atoms with Gasteiger partial charge in [-0.3, -0.25) is 4.90 Å². The van der Waals surface area contributed by atoms with Crippen LogP contribution in [0.5, 0.6) is 0 Å². The van der Waals surface area contributed by atoms with E-state index in [0.717, 1.165) is 30.6 Å². The summed E-state index contributed by atoms with van der Waals surface area (Å²) in [6, 6.07) is 4.13. The molecule has 2 fully saturated rings.